The Labute approximate surface area is 201 Å². The van der Waals surface area contributed by atoms with Crippen LogP contribution in [0.25, 0.3) is 0 Å². The molecule has 0 aromatic rings. The number of carbonyl (C=O) groups is 1. The van der Waals surface area contributed by atoms with Crippen LogP contribution in [0.1, 0.15) is 0 Å². The minimum atomic E-state index is -5.48. The van der Waals surface area contributed by atoms with E-state index in [1.165, 1.54) is 0 Å². The molecule has 0 unspecified atom stereocenters. The Kier molecular flexibility index (Phi) is 9.71. The molecular formula is C12H20O21S3. The summed E-state index contributed by atoms with van der Waals surface area (Å²) in [6.45, 7) is -1.32. The maximum atomic E-state index is 11.3. The lowest BCUT2D eigenvalue weighted by Crippen LogP contribution is -2.66. The third kappa shape index (κ3) is 8.41. The lowest BCUT2D eigenvalue weighted by atomic mass is 9.97. The molecule has 8 N–H and O–H groups in total. The zero-order valence-corrected chi connectivity index (χ0v) is 19.5. The first-order chi connectivity index (χ1) is 16.2. The van der Waals surface area contributed by atoms with Gasteiger partial charge < -0.3 is 39.7 Å². The summed E-state index contributed by atoms with van der Waals surface area (Å²) in [5, 5.41) is 49.5. The highest BCUT2D eigenvalue weighted by molar-refractivity contribution is 7.81. The van der Waals surface area contributed by atoms with Gasteiger partial charge in [0.05, 0.1) is 6.61 Å². The molecule has 212 valence electrons. The smallest absolute Gasteiger partial charge is 0.397 e. The molecule has 0 radical (unpaired) electrons. The van der Waals surface area contributed by atoms with Crippen LogP contribution in [0.4, 0.5) is 0 Å². The quantitative estimate of drug-likeness (QED) is 0.109. The number of aliphatic hydroxyl groups excluding tert-OH is 4. The fraction of sp³-hybridized carbons (Fsp3) is 0.917. The van der Waals surface area contributed by atoms with Crippen LogP contribution >= 0.6 is 0 Å². The number of hydrogen-bond acceptors (Lipinski definition) is 17. The van der Waals surface area contributed by atoms with Crippen molar-refractivity contribution in [3.63, 3.8) is 0 Å². The summed E-state index contributed by atoms with van der Waals surface area (Å²) in [5.41, 5.74) is 0. The van der Waals surface area contributed by atoms with E-state index in [1.54, 1.807) is 0 Å². The molecule has 0 aromatic heterocycles. The number of hydrogen-bond donors (Lipinski definition) is 8. The van der Waals surface area contributed by atoms with E-state index in [0.717, 1.165) is 0 Å². The maximum Gasteiger partial charge on any atom is 0.397 e. The van der Waals surface area contributed by atoms with Crippen LogP contribution in [0.15, 0.2) is 0 Å². The van der Waals surface area contributed by atoms with Gasteiger partial charge in [-0.15, -0.1) is 0 Å². The van der Waals surface area contributed by atoms with Crippen molar-refractivity contribution in [2.75, 3.05) is 6.61 Å². The summed E-state index contributed by atoms with van der Waals surface area (Å²) in [6.07, 6.45) is -24.0. The summed E-state index contributed by atoms with van der Waals surface area (Å²) >= 11 is 0. The molecule has 0 amide bonds. The van der Waals surface area contributed by atoms with Crippen molar-refractivity contribution >= 4 is 37.2 Å². The highest BCUT2D eigenvalue weighted by atomic mass is 32.3. The van der Waals surface area contributed by atoms with Gasteiger partial charge in [-0.3, -0.25) is 13.7 Å². The average Bonchev–Trinajstić information content (AvgIpc) is 2.68. The van der Waals surface area contributed by atoms with Crippen molar-refractivity contribution in [2.45, 2.75) is 61.4 Å². The molecule has 2 aliphatic rings. The Morgan fingerprint density at radius 1 is 0.722 bits per heavy atom. The van der Waals surface area contributed by atoms with Crippen LogP contribution < -0.4 is 0 Å². The van der Waals surface area contributed by atoms with Gasteiger partial charge in [-0.2, -0.15) is 25.3 Å². The monoisotopic (exact) mass is 596 g/mol. The number of ether oxygens (including phenoxy) is 3. The largest absolute Gasteiger partial charge is 0.479 e. The molecular weight excluding hydrogens is 576 g/mol. The van der Waals surface area contributed by atoms with Gasteiger partial charge in [-0.05, 0) is 0 Å². The molecule has 0 spiro atoms. The molecule has 0 aromatic carbocycles. The molecule has 10 atom stereocenters. The van der Waals surface area contributed by atoms with Gasteiger partial charge in [0, 0.05) is 0 Å². The van der Waals surface area contributed by atoms with Crippen molar-refractivity contribution in [3.8, 4) is 0 Å². The van der Waals surface area contributed by atoms with E-state index >= 15 is 0 Å². The molecule has 36 heavy (non-hydrogen) atoms. The van der Waals surface area contributed by atoms with Gasteiger partial charge in [0.15, 0.2) is 30.9 Å². The maximum absolute atomic E-state index is 11.3. The van der Waals surface area contributed by atoms with Crippen LogP contribution in [0, 0.1) is 0 Å². The average molecular weight is 596 g/mol. The Bertz CT molecular complexity index is 1100. The van der Waals surface area contributed by atoms with Crippen LogP contribution in [-0.4, -0.2) is 138 Å². The molecule has 2 saturated heterocycles. The van der Waals surface area contributed by atoms with Gasteiger partial charge in [-0.25, -0.2) is 17.3 Å². The standard InChI is InChI=1S/C12H20O21S3/c13-3-4(14)9(33-36(25,26)27)12(31-7(3)10(16)17)30-6-2(1-28-34(19,20)21)29-11(18)8(5(6)15)32-35(22,23)24/h2-9,11-15,18H,1H2,(H,16,17)(H,19,20,21)(H,22,23,24)(H,25,26,27)/t2-,3+,4+,5+,6-,7+,8-,9-,11-,12-/m1/s1. The lowest BCUT2D eigenvalue weighted by Gasteiger charge is -2.45. The second kappa shape index (κ2) is 11.3. The summed E-state index contributed by atoms with van der Waals surface area (Å²) in [6, 6.07) is 0. The first-order valence-electron chi connectivity index (χ1n) is 9.05. The molecule has 2 heterocycles. The molecule has 0 saturated carbocycles. The summed E-state index contributed by atoms with van der Waals surface area (Å²) in [4.78, 5) is 11.3. The Morgan fingerprint density at radius 2 is 1.25 bits per heavy atom. The van der Waals surface area contributed by atoms with Crippen LogP contribution in [0.2, 0.25) is 0 Å². The third-order valence-electron chi connectivity index (χ3n) is 4.56. The molecule has 0 bridgehead atoms. The molecule has 2 aliphatic heterocycles. The Morgan fingerprint density at radius 3 is 1.72 bits per heavy atom. The van der Waals surface area contributed by atoms with Crippen LogP contribution in [-0.2, 0) is 62.8 Å². The van der Waals surface area contributed by atoms with Crippen molar-refractivity contribution in [1.82, 2.24) is 0 Å². The first kappa shape index (κ1) is 31.0. The van der Waals surface area contributed by atoms with E-state index < -0.39 is 105 Å². The number of aliphatic hydroxyl groups is 4. The number of aliphatic carboxylic acids is 1. The third-order valence-corrected chi connectivity index (χ3v) is 5.93. The van der Waals surface area contributed by atoms with Gasteiger partial charge in [0.2, 0.25) is 0 Å². The highest BCUT2D eigenvalue weighted by Gasteiger charge is 2.55. The summed E-state index contributed by atoms with van der Waals surface area (Å²) in [7, 11) is -16.1. The van der Waals surface area contributed by atoms with E-state index in [-0.39, 0.29) is 0 Å². The van der Waals surface area contributed by atoms with E-state index in [0.29, 0.717) is 0 Å². The zero-order valence-electron chi connectivity index (χ0n) is 17.1. The van der Waals surface area contributed by atoms with Crippen molar-refractivity contribution in [2.24, 2.45) is 0 Å². The van der Waals surface area contributed by atoms with E-state index in [2.05, 4.69) is 12.5 Å². The van der Waals surface area contributed by atoms with Gasteiger partial charge >= 0.3 is 37.2 Å². The predicted octanol–water partition coefficient (Wildman–Crippen LogP) is -5.82. The second-order valence-corrected chi connectivity index (χ2v) is 10.3. The summed E-state index contributed by atoms with van der Waals surface area (Å²) in [5.74, 6) is -1.95. The SMILES string of the molecule is O=C(O)[C@H]1O[C@@H](O[C@H]2[C@H](O)[C@@H](OS(=O)(=O)O)[C@H](O)O[C@@H]2COS(=O)(=O)O)[C@H](OS(=O)(=O)O)[C@@H](O)[C@@H]1O. The normalized spacial score (nSPS) is 38.5. The van der Waals surface area contributed by atoms with Gasteiger partial charge in [0.25, 0.3) is 0 Å². The van der Waals surface area contributed by atoms with Crippen molar-refractivity contribution in [1.29, 1.82) is 0 Å². The minimum absolute atomic E-state index is 1.32. The van der Waals surface area contributed by atoms with Crippen LogP contribution in [0.5, 0.6) is 0 Å². The molecule has 0 aliphatic carbocycles. The zero-order chi connectivity index (χ0) is 27.8. The molecule has 21 nitrogen and oxygen atoms in total. The molecule has 24 heteroatoms. The van der Waals surface area contributed by atoms with E-state index in [1.807, 2.05) is 0 Å². The number of carboxylic acids is 1. The fourth-order valence-corrected chi connectivity index (χ4v) is 4.44. The van der Waals surface area contributed by atoms with E-state index in [9.17, 15) is 50.5 Å². The highest BCUT2D eigenvalue weighted by Crippen LogP contribution is 2.32. The first-order valence-corrected chi connectivity index (χ1v) is 13.1. The number of rotatable bonds is 10. The molecule has 2 fully saturated rings. The lowest BCUT2D eigenvalue weighted by molar-refractivity contribution is -0.345. The van der Waals surface area contributed by atoms with E-state index in [4.69, 9.17) is 33.0 Å². The van der Waals surface area contributed by atoms with Gasteiger partial charge in [0.1, 0.15) is 30.5 Å². The van der Waals surface area contributed by atoms with Crippen LogP contribution in [0.3, 0.4) is 0 Å². The van der Waals surface area contributed by atoms with Crippen molar-refractivity contribution < 1.29 is 96.0 Å². The topological polar surface area (TPSA) is 337 Å². The second-order valence-electron chi connectivity index (χ2n) is 7.09. The Balaban J connectivity index is 2.46. The fourth-order valence-electron chi connectivity index (χ4n) is 3.16. The number of carboxylic acid groups (broad SMARTS) is 1. The minimum Gasteiger partial charge on any atom is -0.479 e. The van der Waals surface area contributed by atoms with Crippen molar-refractivity contribution in [3.05, 3.63) is 0 Å². The Hall–Kier alpha value is -1.20. The molecule has 2 rings (SSSR count). The van der Waals surface area contributed by atoms with Gasteiger partial charge in [-0.1, -0.05) is 0 Å². The predicted molar refractivity (Wildman–Crippen MR) is 100 cm³/mol. The summed E-state index contributed by atoms with van der Waals surface area (Å²) < 4.78 is 120.